The predicted octanol–water partition coefficient (Wildman–Crippen LogP) is 2.36. The molecule has 1 aliphatic heterocycles. The van der Waals surface area contributed by atoms with Crippen molar-refractivity contribution in [2.24, 2.45) is 0 Å². The number of hydrogen-bond acceptors (Lipinski definition) is 3. The lowest BCUT2D eigenvalue weighted by molar-refractivity contribution is -0.0126. The molecule has 4 rings (SSSR count). The molecule has 0 spiro atoms. The van der Waals surface area contributed by atoms with E-state index >= 15 is 0 Å². The topological polar surface area (TPSA) is 47.4 Å². The zero-order chi connectivity index (χ0) is 16.7. The summed E-state index contributed by atoms with van der Waals surface area (Å²) in [6.45, 7) is 3.65. The number of halogens is 1. The average Bonchev–Trinajstić information content (AvgIpc) is 3.17. The van der Waals surface area contributed by atoms with Crippen LogP contribution in [0.1, 0.15) is 35.1 Å². The van der Waals surface area contributed by atoms with Crippen molar-refractivity contribution in [1.29, 1.82) is 0 Å². The summed E-state index contributed by atoms with van der Waals surface area (Å²) >= 11 is 0. The summed E-state index contributed by atoms with van der Waals surface area (Å²) < 4.78 is 21.3. The first-order valence-corrected chi connectivity index (χ1v) is 8.41. The van der Waals surface area contributed by atoms with Gasteiger partial charge in [0.1, 0.15) is 11.5 Å². The van der Waals surface area contributed by atoms with Crippen molar-refractivity contribution in [1.82, 2.24) is 14.7 Å². The van der Waals surface area contributed by atoms with Gasteiger partial charge in [-0.1, -0.05) is 12.1 Å². The molecule has 0 bridgehead atoms. The molecule has 0 radical (unpaired) electrons. The van der Waals surface area contributed by atoms with Gasteiger partial charge >= 0.3 is 0 Å². The first kappa shape index (κ1) is 15.3. The zero-order valence-electron chi connectivity index (χ0n) is 13.7. The standard InChI is InChI=1S/C18H20FN3O2/c1-12-11-21(9-10-24-12)18(23)17-13-5-4-8-15(13)22(20-17)16-7-3-2-6-14(16)19/h2-3,6-7,12H,4-5,8-11H2,1H3/t12-/m1/s1. The van der Waals surface area contributed by atoms with Gasteiger partial charge in [0.05, 0.1) is 12.7 Å². The van der Waals surface area contributed by atoms with E-state index in [-0.39, 0.29) is 17.8 Å². The second-order valence-electron chi connectivity index (χ2n) is 6.42. The van der Waals surface area contributed by atoms with Crippen molar-refractivity contribution in [2.45, 2.75) is 32.3 Å². The van der Waals surface area contributed by atoms with E-state index in [4.69, 9.17) is 4.74 Å². The molecule has 6 heteroatoms. The molecular formula is C18H20FN3O2. The van der Waals surface area contributed by atoms with E-state index in [0.717, 1.165) is 30.5 Å². The van der Waals surface area contributed by atoms with Gasteiger partial charge in [-0.15, -0.1) is 0 Å². The molecule has 0 N–H and O–H groups in total. The van der Waals surface area contributed by atoms with Crippen LogP contribution in [-0.4, -0.2) is 46.4 Å². The molecule has 5 nitrogen and oxygen atoms in total. The van der Waals surface area contributed by atoms with Crippen LogP contribution in [0.3, 0.4) is 0 Å². The van der Waals surface area contributed by atoms with Crippen LogP contribution in [0.5, 0.6) is 0 Å². The lowest BCUT2D eigenvalue weighted by Gasteiger charge is -2.30. The van der Waals surface area contributed by atoms with Crippen LogP contribution in [0.4, 0.5) is 4.39 Å². The fourth-order valence-electron chi connectivity index (χ4n) is 3.58. The smallest absolute Gasteiger partial charge is 0.274 e. The zero-order valence-corrected chi connectivity index (χ0v) is 13.7. The molecule has 0 unspecified atom stereocenters. The first-order valence-electron chi connectivity index (χ1n) is 8.41. The van der Waals surface area contributed by atoms with Crippen LogP contribution >= 0.6 is 0 Å². The normalized spacial score (nSPS) is 20.2. The number of nitrogens with zero attached hydrogens (tertiary/aromatic N) is 3. The summed E-state index contributed by atoms with van der Waals surface area (Å²) in [5, 5.41) is 4.51. The van der Waals surface area contributed by atoms with Gasteiger partial charge in [0, 0.05) is 24.3 Å². The Balaban J connectivity index is 1.74. The number of rotatable bonds is 2. The van der Waals surface area contributed by atoms with Crippen molar-refractivity contribution in [3.8, 4) is 5.69 Å². The second-order valence-corrected chi connectivity index (χ2v) is 6.42. The van der Waals surface area contributed by atoms with Gasteiger partial charge in [0.15, 0.2) is 5.69 Å². The number of aromatic nitrogens is 2. The quantitative estimate of drug-likeness (QED) is 0.850. The maximum atomic E-state index is 14.2. The largest absolute Gasteiger partial charge is 0.375 e. The van der Waals surface area contributed by atoms with Crippen molar-refractivity contribution in [3.63, 3.8) is 0 Å². The summed E-state index contributed by atoms with van der Waals surface area (Å²) in [7, 11) is 0. The number of fused-ring (bicyclic) bond motifs is 1. The molecule has 0 saturated carbocycles. The predicted molar refractivity (Wildman–Crippen MR) is 86.9 cm³/mol. The highest BCUT2D eigenvalue weighted by Crippen LogP contribution is 2.29. The van der Waals surface area contributed by atoms with E-state index in [2.05, 4.69) is 5.10 Å². The SMILES string of the molecule is C[C@@H]1CN(C(=O)c2nn(-c3ccccc3F)c3c2CCC3)CCO1. The maximum absolute atomic E-state index is 14.2. The van der Waals surface area contributed by atoms with E-state index in [0.29, 0.717) is 31.1 Å². The Bertz CT molecular complexity index is 787. The number of carbonyl (C=O) groups is 1. The van der Waals surface area contributed by atoms with Gasteiger partial charge in [-0.05, 0) is 38.3 Å². The molecule has 2 heterocycles. The average molecular weight is 329 g/mol. The molecule has 1 atom stereocenters. The summed E-state index contributed by atoms with van der Waals surface area (Å²) in [5.74, 6) is -0.396. The minimum absolute atomic E-state index is 0.0319. The van der Waals surface area contributed by atoms with E-state index in [1.165, 1.54) is 6.07 Å². The summed E-state index contributed by atoms with van der Waals surface area (Å²) in [4.78, 5) is 14.7. The Kier molecular flexibility index (Phi) is 3.84. The van der Waals surface area contributed by atoms with E-state index in [9.17, 15) is 9.18 Å². The number of para-hydroxylation sites is 1. The number of benzene rings is 1. The highest BCUT2D eigenvalue weighted by Gasteiger charge is 2.31. The van der Waals surface area contributed by atoms with E-state index in [1.807, 2.05) is 6.92 Å². The van der Waals surface area contributed by atoms with Crippen molar-refractivity contribution < 1.29 is 13.9 Å². The van der Waals surface area contributed by atoms with E-state index < -0.39 is 0 Å². The van der Waals surface area contributed by atoms with E-state index in [1.54, 1.807) is 27.8 Å². The van der Waals surface area contributed by atoms with Gasteiger partial charge in [0.25, 0.3) is 5.91 Å². The molecule has 1 aliphatic carbocycles. The Hall–Kier alpha value is -2.21. The molecule has 2 aliphatic rings. The van der Waals surface area contributed by atoms with Gasteiger partial charge in [0.2, 0.25) is 0 Å². The molecule has 24 heavy (non-hydrogen) atoms. The molecular weight excluding hydrogens is 309 g/mol. The van der Waals surface area contributed by atoms with Crippen LogP contribution in [0.2, 0.25) is 0 Å². The third-order valence-electron chi connectivity index (χ3n) is 4.74. The number of carbonyl (C=O) groups excluding carboxylic acids is 1. The minimum Gasteiger partial charge on any atom is -0.375 e. The monoisotopic (exact) mass is 329 g/mol. The van der Waals surface area contributed by atoms with Gasteiger partial charge < -0.3 is 9.64 Å². The van der Waals surface area contributed by atoms with Gasteiger partial charge in [-0.25, -0.2) is 9.07 Å². The molecule has 1 aromatic heterocycles. The van der Waals surface area contributed by atoms with Gasteiger partial charge in [-0.3, -0.25) is 4.79 Å². The van der Waals surface area contributed by atoms with Crippen molar-refractivity contribution in [3.05, 3.63) is 47.0 Å². The molecule has 1 aromatic carbocycles. The lowest BCUT2D eigenvalue weighted by atomic mass is 10.1. The van der Waals surface area contributed by atoms with Crippen LogP contribution in [0, 0.1) is 5.82 Å². The second kappa shape index (κ2) is 6.02. The highest BCUT2D eigenvalue weighted by atomic mass is 19.1. The Morgan fingerprint density at radius 2 is 2.17 bits per heavy atom. The van der Waals surface area contributed by atoms with Crippen molar-refractivity contribution >= 4 is 5.91 Å². The number of morpholine rings is 1. The first-order chi connectivity index (χ1) is 11.6. The summed E-state index contributed by atoms with van der Waals surface area (Å²) in [5.41, 5.74) is 2.82. The minimum atomic E-state index is -0.325. The third-order valence-corrected chi connectivity index (χ3v) is 4.74. The van der Waals surface area contributed by atoms with Crippen LogP contribution < -0.4 is 0 Å². The highest BCUT2D eigenvalue weighted by molar-refractivity contribution is 5.94. The van der Waals surface area contributed by atoms with Crippen LogP contribution in [0.25, 0.3) is 5.69 Å². The maximum Gasteiger partial charge on any atom is 0.274 e. The molecule has 126 valence electrons. The van der Waals surface area contributed by atoms with Crippen molar-refractivity contribution in [2.75, 3.05) is 19.7 Å². The molecule has 2 aromatic rings. The summed E-state index contributed by atoms with van der Waals surface area (Å²) in [6.07, 6.45) is 2.65. The summed E-state index contributed by atoms with van der Waals surface area (Å²) in [6, 6.07) is 6.56. The van der Waals surface area contributed by atoms with Gasteiger partial charge in [-0.2, -0.15) is 5.10 Å². The number of amides is 1. The van der Waals surface area contributed by atoms with Crippen LogP contribution in [0.15, 0.2) is 24.3 Å². The van der Waals surface area contributed by atoms with Crippen LogP contribution in [-0.2, 0) is 17.6 Å². The number of hydrogen-bond donors (Lipinski definition) is 0. The Labute approximate surface area is 140 Å². The Morgan fingerprint density at radius 1 is 1.33 bits per heavy atom. The Morgan fingerprint density at radius 3 is 2.96 bits per heavy atom. The fraction of sp³-hybridized carbons (Fsp3) is 0.444. The lowest BCUT2D eigenvalue weighted by Crippen LogP contribution is -2.44. The molecule has 1 saturated heterocycles. The number of ether oxygens (including phenoxy) is 1. The molecule has 1 amide bonds. The molecule has 1 fully saturated rings. The fourth-order valence-corrected chi connectivity index (χ4v) is 3.58. The third kappa shape index (κ3) is 2.51.